The number of carbonyl (C=O) groups excluding carboxylic acids is 1. The van der Waals surface area contributed by atoms with Crippen molar-refractivity contribution in [2.24, 2.45) is 5.41 Å². The van der Waals surface area contributed by atoms with Crippen molar-refractivity contribution in [3.05, 3.63) is 29.8 Å². The lowest BCUT2D eigenvalue weighted by molar-refractivity contribution is -0.159. The highest BCUT2D eigenvalue weighted by Gasteiger charge is 2.40. The normalized spacial score (nSPS) is 17.2. The van der Waals surface area contributed by atoms with Crippen LogP contribution in [0.3, 0.4) is 0 Å². The van der Waals surface area contributed by atoms with Crippen molar-refractivity contribution in [1.82, 2.24) is 5.32 Å². The lowest BCUT2D eigenvalue weighted by atomic mass is 9.75. The molecule has 0 atom stereocenters. The van der Waals surface area contributed by atoms with E-state index in [0.717, 1.165) is 50.1 Å². The molecule has 1 aliphatic heterocycles. The van der Waals surface area contributed by atoms with Crippen LogP contribution in [0.5, 0.6) is 5.75 Å². The van der Waals surface area contributed by atoms with Gasteiger partial charge in [-0.25, -0.2) is 0 Å². The van der Waals surface area contributed by atoms with Gasteiger partial charge in [-0.05, 0) is 50.0 Å². The zero-order valence-electron chi connectivity index (χ0n) is 13.0. The molecule has 0 aliphatic carbocycles. The van der Waals surface area contributed by atoms with Crippen molar-refractivity contribution in [3.63, 3.8) is 0 Å². The summed E-state index contributed by atoms with van der Waals surface area (Å²) in [6.07, 6.45) is 3.66. The average Bonchev–Trinajstić information content (AvgIpc) is 2.54. The Balaban J connectivity index is 1.98. The molecule has 1 aromatic carbocycles. The fourth-order valence-electron chi connectivity index (χ4n) is 3.00. The van der Waals surface area contributed by atoms with Crippen LogP contribution in [-0.4, -0.2) is 26.2 Å². The first-order chi connectivity index (χ1) is 10.2. The van der Waals surface area contributed by atoms with Gasteiger partial charge in [0.25, 0.3) is 0 Å². The average molecular weight is 291 g/mol. The fraction of sp³-hybridized carbons (Fsp3) is 0.588. The Morgan fingerprint density at radius 2 is 2.10 bits per heavy atom. The van der Waals surface area contributed by atoms with Gasteiger partial charge in [-0.1, -0.05) is 25.5 Å². The second kappa shape index (κ2) is 7.46. The molecule has 0 unspecified atom stereocenters. The Morgan fingerprint density at radius 3 is 2.76 bits per heavy atom. The first-order valence-electron chi connectivity index (χ1n) is 7.71. The zero-order valence-corrected chi connectivity index (χ0v) is 13.0. The highest BCUT2D eigenvalue weighted by molar-refractivity contribution is 5.77. The van der Waals surface area contributed by atoms with Gasteiger partial charge in [0.05, 0.1) is 12.5 Å². The fourth-order valence-corrected chi connectivity index (χ4v) is 3.00. The van der Waals surface area contributed by atoms with Crippen LogP contribution in [0.4, 0.5) is 0 Å². The van der Waals surface area contributed by atoms with E-state index in [2.05, 4.69) is 12.2 Å². The smallest absolute Gasteiger partial charge is 0.312 e. The standard InChI is InChI=1S/C17H25NO3/c1-3-7-17(8-10-18-11-9-17)16(19)21-13-14-5-4-6-15(12-14)20-2/h4-6,12,18H,3,7-11,13H2,1-2H3. The van der Waals surface area contributed by atoms with Crippen LogP contribution in [0.15, 0.2) is 24.3 Å². The van der Waals surface area contributed by atoms with Gasteiger partial charge >= 0.3 is 5.97 Å². The number of ether oxygens (including phenoxy) is 2. The molecule has 1 aromatic rings. The quantitative estimate of drug-likeness (QED) is 0.819. The van der Waals surface area contributed by atoms with Gasteiger partial charge in [-0.2, -0.15) is 0 Å². The number of benzene rings is 1. The van der Waals surface area contributed by atoms with Crippen molar-refractivity contribution in [1.29, 1.82) is 0 Å². The third-order valence-corrected chi connectivity index (χ3v) is 4.23. The van der Waals surface area contributed by atoms with E-state index >= 15 is 0 Å². The van der Waals surface area contributed by atoms with E-state index in [4.69, 9.17) is 9.47 Å². The van der Waals surface area contributed by atoms with Crippen molar-refractivity contribution >= 4 is 5.97 Å². The van der Waals surface area contributed by atoms with Gasteiger partial charge < -0.3 is 14.8 Å². The van der Waals surface area contributed by atoms with Crippen LogP contribution in [0.1, 0.15) is 38.2 Å². The first kappa shape index (κ1) is 15.8. The van der Waals surface area contributed by atoms with Gasteiger partial charge in [0.2, 0.25) is 0 Å². The molecular formula is C17H25NO3. The number of hydrogen-bond donors (Lipinski definition) is 1. The van der Waals surface area contributed by atoms with E-state index in [1.807, 2.05) is 24.3 Å². The molecule has 1 fully saturated rings. The minimum atomic E-state index is -0.293. The zero-order chi connectivity index (χ0) is 15.1. The van der Waals surface area contributed by atoms with E-state index in [1.54, 1.807) is 7.11 Å². The number of methoxy groups -OCH3 is 1. The summed E-state index contributed by atoms with van der Waals surface area (Å²) in [6, 6.07) is 7.65. The Bertz CT molecular complexity index is 461. The maximum absolute atomic E-state index is 12.6. The summed E-state index contributed by atoms with van der Waals surface area (Å²) < 4.78 is 10.8. The molecule has 4 heteroatoms. The molecule has 1 N–H and O–H groups in total. The third-order valence-electron chi connectivity index (χ3n) is 4.23. The van der Waals surface area contributed by atoms with Crippen LogP contribution >= 0.6 is 0 Å². The molecule has 0 radical (unpaired) electrons. The number of piperidine rings is 1. The second-order valence-electron chi connectivity index (χ2n) is 5.71. The topological polar surface area (TPSA) is 47.6 Å². The highest BCUT2D eigenvalue weighted by atomic mass is 16.5. The van der Waals surface area contributed by atoms with Gasteiger partial charge in [-0.15, -0.1) is 0 Å². The van der Waals surface area contributed by atoms with Crippen molar-refractivity contribution < 1.29 is 14.3 Å². The molecule has 2 rings (SSSR count). The number of nitrogens with one attached hydrogen (secondary N) is 1. The van der Waals surface area contributed by atoms with Gasteiger partial charge in [0, 0.05) is 0 Å². The Labute approximate surface area is 126 Å². The summed E-state index contributed by atoms with van der Waals surface area (Å²) in [6.45, 7) is 4.23. The summed E-state index contributed by atoms with van der Waals surface area (Å²) in [7, 11) is 1.64. The summed E-state index contributed by atoms with van der Waals surface area (Å²) in [5.74, 6) is 0.738. The van der Waals surface area contributed by atoms with E-state index in [-0.39, 0.29) is 11.4 Å². The molecule has 0 saturated carbocycles. The van der Waals surface area contributed by atoms with E-state index in [9.17, 15) is 4.79 Å². The molecule has 116 valence electrons. The van der Waals surface area contributed by atoms with Gasteiger partial charge in [0.1, 0.15) is 12.4 Å². The molecule has 0 spiro atoms. The Hall–Kier alpha value is -1.55. The van der Waals surface area contributed by atoms with Crippen LogP contribution < -0.4 is 10.1 Å². The molecule has 1 aliphatic rings. The summed E-state index contributed by atoms with van der Waals surface area (Å²) >= 11 is 0. The summed E-state index contributed by atoms with van der Waals surface area (Å²) in [5, 5.41) is 3.32. The molecule has 1 saturated heterocycles. The highest BCUT2D eigenvalue weighted by Crippen LogP contribution is 2.35. The monoisotopic (exact) mass is 291 g/mol. The Morgan fingerprint density at radius 1 is 1.33 bits per heavy atom. The van der Waals surface area contributed by atoms with E-state index in [1.165, 1.54) is 0 Å². The minimum Gasteiger partial charge on any atom is -0.497 e. The predicted molar refractivity (Wildman–Crippen MR) is 82.2 cm³/mol. The molecule has 21 heavy (non-hydrogen) atoms. The van der Waals surface area contributed by atoms with Crippen molar-refractivity contribution in [3.8, 4) is 5.75 Å². The third kappa shape index (κ3) is 3.97. The van der Waals surface area contributed by atoms with Crippen LogP contribution in [0.25, 0.3) is 0 Å². The first-order valence-corrected chi connectivity index (χ1v) is 7.71. The van der Waals surface area contributed by atoms with Crippen LogP contribution in [0, 0.1) is 5.41 Å². The molecule has 4 nitrogen and oxygen atoms in total. The number of esters is 1. The van der Waals surface area contributed by atoms with Gasteiger partial charge in [-0.3, -0.25) is 4.79 Å². The SMILES string of the molecule is CCCC1(C(=O)OCc2cccc(OC)c2)CCNCC1. The largest absolute Gasteiger partial charge is 0.497 e. The maximum Gasteiger partial charge on any atom is 0.312 e. The van der Waals surface area contributed by atoms with E-state index < -0.39 is 0 Å². The number of rotatable bonds is 6. The molecule has 0 amide bonds. The number of carbonyl (C=O) groups is 1. The number of hydrogen-bond acceptors (Lipinski definition) is 4. The van der Waals surface area contributed by atoms with Gasteiger partial charge in [0.15, 0.2) is 0 Å². The summed E-state index contributed by atoms with van der Waals surface area (Å²) in [4.78, 5) is 12.6. The molecule has 0 aromatic heterocycles. The lowest BCUT2D eigenvalue weighted by Gasteiger charge is -2.35. The predicted octanol–water partition coefficient (Wildman–Crippen LogP) is 2.91. The lowest BCUT2D eigenvalue weighted by Crippen LogP contribution is -2.43. The minimum absolute atomic E-state index is 0.0475. The molecular weight excluding hydrogens is 266 g/mol. The second-order valence-corrected chi connectivity index (χ2v) is 5.71. The Kier molecular flexibility index (Phi) is 5.62. The molecule has 1 heterocycles. The maximum atomic E-state index is 12.6. The van der Waals surface area contributed by atoms with Crippen LogP contribution in [-0.2, 0) is 16.1 Å². The van der Waals surface area contributed by atoms with E-state index in [0.29, 0.717) is 6.61 Å². The van der Waals surface area contributed by atoms with Crippen molar-refractivity contribution in [2.75, 3.05) is 20.2 Å². The molecule has 0 bridgehead atoms. The van der Waals surface area contributed by atoms with Crippen molar-refractivity contribution in [2.45, 2.75) is 39.2 Å². The van der Waals surface area contributed by atoms with Crippen LogP contribution in [0.2, 0.25) is 0 Å². The summed E-state index contributed by atoms with van der Waals surface area (Å²) in [5.41, 5.74) is 0.669.